The highest BCUT2D eigenvalue weighted by atomic mass is 16.3. The van der Waals surface area contributed by atoms with E-state index in [1.165, 1.54) is 0 Å². The van der Waals surface area contributed by atoms with Gasteiger partial charge in [0.05, 0.1) is 12.5 Å². The van der Waals surface area contributed by atoms with Gasteiger partial charge in [-0.2, -0.15) is 0 Å². The number of hydrogen-bond acceptors (Lipinski definition) is 2. The lowest BCUT2D eigenvalue weighted by Gasteiger charge is -2.20. The van der Waals surface area contributed by atoms with Gasteiger partial charge in [-0.3, -0.25) is 4.79 Å². The summed E-state index contributed by atoms with van der Waals surface area (Å²) in [4.78, 5) is 11.0. The van der Waals surface area contributed by atoms with Crippen LogP contribution in [0.2, 0.25) is 0 Å². The zero-order chi connectivity index (χ0) is 14.5. The molecule has 1 aromatic carbocycles. The first kappa shape index (κ1) is 15.2. The fourth-order valence-corrected chi connectivity index (χ4v) is 1.75. The highest BCUT2D eigenvalue weighted by molar-refractivity contribution is 5.79. The third-order valence-corrected chi connectivity index (χ3v) is 2.81. The Morgan fingerprint density at radius 3 is 2.21 bits per heavy atom. The molecule has 0 aliphatic carbocycles. The molecule has 0 saturated carbocycles. The second kappa shape index (κ2) is 6.37. The van der Waals surface area contributed by atoms with Gasteiger partial charge in [0.25, 0.3) is 0 Å². The van der Waals surface area contributed by atoms with Gasteiger partial charge >= 0.3 is 0 Å². The van der Waals surface area contributed by atoms with Crippen LogP contribution in [0.15, 0.2) is 41.2 Å². The van der Waals surface area contributed by atoms with Crippen molar-refractivity contribution in [3.05, 3.63) is 47.9 Å². The van der Waals surface area contributed by atoms with Crippen LogP contribution in [0, 0.1) is 0 Å². The Kier molecular flexibility index (Phi) is 5.11. The summed E-state index contributed by atoms with van der Waals surface area (Å²) in [6.45, 7) is 10.4. The molecular formula is C17H22O2. The van der Waals surface area contributed by atoms with Crippen molar-refractivity contribution < 1.29 is 9.21 Å². The van der Waals surface area contributed by atoms with Crippen molar-refractivity contribution in [3.63, 3.8) is 0 Å². The van der Waals surface area contributed by atoms with E-state index in [1.807, 2.05) is 32.0 Å². The van der Waals surface area contributed by atoms with Gasteiger partial charge in [-0.05, 0) is 34.7 Å². The van der Waals surface area contributed by atoms with Gasteiger partial charge in [0.15, 0.2) is 0 Å². The number of hydrogen-bond donors (Lipinski definition) is 0. The second-order valence-corrected chi connectivity index (χ2v) is 5.22. The van der Waals surface area contributed by atoms with Crippen molar-refractivity contribution >= 4 is 6.29 Å². The molecule has 0 fully saturated rings. The van der Waals surface area contributed by atoms with Crippen LogP contribution < -0.4 is 0 Å². The fourth-order valence-electron chi connectivity index (χ4n) is 1.75. The highest BCUT2D eigenvalue weighted by Crippen LogP contribution is 2.29. The van der Waals surface area contributed by atoms with E-state index in [0.29, 0.717) is 5.56 Å². The smallest absolute Gasteiger partial charge is 0.150 e. The van der Waals surface area contributed by atoms with E-state index < -0.39 is 0 Å². The molecule has 2 nitrogen and oxygen atoms in total. The molecule has 0 aliphatic heterocycles. The summed E-state index contributed by atoms with van der Waals surface area (Å²) >= 11 is 0. The Hall–Kier alpha value is -1.83. The predicted octanol–water partition coefficient (Wildman–Crippen LogP) is 5.08. The van der Waals surface area contributed by atoms with Crippen LogP contribution in [-0.4, -0.2) is 6.29 Å². The van der Waals surface area contributed by atoms with E-state index in [1.54, 1.807) is 12.5 Å². The lowest BCUT2D eigenvalue weighted by atomic mass is 9.84. The highest BCUT2D eigenvalue weighted by Gasteiger charge is 2.15. The van der Waals surface area contributed by atoms with E-state index in [-0.39, 0.29) is 5.41 Å². The Morgan fingerprint density at radius 1 is 1.05 bits per heavy atom. The van der Waals surface area contributed by atoms with Crippen molar-refractivity contribution in [2.75, 3.05) is 0 Å². The van der Waals surface area contributed by atoms with Crippen molar-refractivity contribution in [2.45, 2.75) is 40.0 Å². The van der Waals surface area contributed by atoms with Crippen LogP contribution >= 0.6 is 0 Å². The average molecular weight is 258 g/mol. The van der Waals surface area contributed by atoms with Gasteiger partial charge in [0.2, 0.25) is 0 Å². The molecule has 102 valence electrons. The number of aldehydes is 1. The Morgan fingerprint density at radius 2 is 1.74 bits per heavy atom. The number of furan rings is 1. The van der Waals surface area contributed by atoms with Gasteiger partial charge < -0.3 is 4.42 Å². The molecule has 2 rings (SSSR count). The summed E-state index contributed by atoms with van der Waals surface area (Å²) in [5.74, 6) is 0. The summed E-state index contributed by atoms with van der Waals surface area (Å²) in [6.07, 6.45) is 4.22. The maximum atomic E-state index is 11.0. The predicted molar refractivity (Wildman–Crippen MR) is 79.6 cm³/mol. The van der Waals surface area contributed by atoms with E-state index in [4.69, 9.17) is 4.42 Å². The molecule has 1 aromatic heterocycles. The Balaban J connectivity index is 0.000000861. The quantitative estimate of drug-likeness (QED) is 0.703. The van der Waals surface area contributed by atoms with Crippen molar-refractivity contribution in [1.82, 2.24) is 0 Å². The molecule has 19 heavy (non-hydrogen) atoms. The van der Waals surface area contributed by atoms with Crippen LogP contribution in [0.5, 0.6) is 0 Å². The zero-order valence-corrected chi connectivity index (χ0v) is 12.4. The fraction of sp³-hybridized carbons (Fsp3) is 0.353. The molecular weight excluding hydrogens is 236 g/mol. The second-order valence-electron chi connectivity index (χ2n) is 5.22. The minimum Gasteiger partial charge on any atom is -0.472 e. The molecule has 0 bridgehead atoms. The zero-order valence-electron chi connectivity index (χ0n) is 12.4. The summed E-state index contributed by atoms with van der Waals surface area (Å²) < 4.78 is 5.08. The number of rotatable bonds is 2. The number of benzene rings is 1. The molecule has 2 aromatic rings. The van der Waals surface area contributed by atoms with Crippen molar-refractivity contribution in [1.29, 1.82) is 0 Å². The van der Waals surface area contributed by atoms with E-state index in [9.17, 15) is 4.79 Å². The maximum absolute atomic E-state index is 11.0. The SMILES string of the molecule is CC.CC(C)(C)c1cc(C=O)cc(-c2ccoc2)c1. The molecule has 0 unspecified atom stereocenters. The Labute approximate surface area is 115 Å². The summed E-state index contributed by atoms with van der Waals surface area (Å²) in [7, 11) is 0. The molecule has 0 spiro atoms. The molecule has 0 amide bonds. The topological polar surface area (TPSA) is 30.2 Å². The standard InChI is InChI=1S/C15H16O2.C2H6/c1-15(2,3)14-7-11(9-16)6-13(8-14)12-4-5-17-10-12;1-2/h4-10H,1-3H3;1-2H3. The van der Waals surface area contributed by atoms with Crippen LogP contribution in [0.25, 0.3) is 11.1 Å². The monoisotopic (exact) mass is 258 g/mol. The minimum absolute atomic E-state index is 0.0253. The Bertz CT molecular complexity index is 517. The van der Waals surface area contributed by atoms with Crippen LogP contribution in [-0.2, 0) is 5.41 Å². The van der Waals surface area contributed by atoms with Crippen molar-refractivity contribution in [3.8, 4) is 11.1 Å². The van der Waals surface area contributed by atoms with Crippen LogP contribution in [0.3, 0.4) is 0 Å². The summed E-state index contributed by atoms with van der Waals surface area (Å²) in [5, 5.41) is 0. The van der Waals surface area contributed by atoms with E-state index in [0.717, 1.165) is 23.0 Å². The third kappa shape index (κ3) is 3.82. The first-order chi connectivity index (χ1) is 9.00. The molecule has 0 atom stereocenters. The molecule has 0 N–H and O–H groups in total. The van der Waals surface area contributed by atoms with Crippen LogP contribution in [0.4, 0.5) is 0 Å². The van der Waals surface area contributed by atoms with Gasteiger partial charge in [-0.25, -0.2) is 0 Å². The largest absolute Gasteiger partial charge is 0.472 e. The first-order valence-electron chi connectivity index (χ1n) is 6.64. The molecule has 2 heteroatoms. The third-order valence-electron chi connectivity index (χ3n) is 2.81. The lowest BCUT2D eigenvalue weighted by molar-refractivity contribution is 0.112. The van der Waals surface area contributed by atoms with Gasteiger partial charge in [-0.15, -0.1) is 0 Å². The van der Waals surface area contributed by atoms with Gasteiger partial charge in [0, 0.05) is 11.1 Å². The molecule has 0 aliphatic rings. The van der Waals surface area contributed by atoms with E-state index in [2.05, 4.69) is 26.8 Å². The molecule has 0 radical (unpaired) electrons. The van der Waals surface area contributed by atoms with Gasteiger partial charge in [0.1, 0.15) is 6.29 Å². The van der Waals surface area contributed by atoms with Crippen LogP contribution in [0.1, 0.15) is 50.5 Å². The first-order valence-corrected chi connectivity index (χ1v) is 6.64. The normalized spacial score (nSPS) is 10.6. The van der Waals surface area contributed by atoms with Gasteiger partial charge in [-0.1, -0.05) is 40.7 Å². The summed E-state index contributed by atoms with van der Waals surface area (Å²) in [5.41, 5.74) is 3.90. The molecule has 0 saturated heterocycles. The minimum atomic E-state index is 0.0253. The van der Waals surface area contributed by atoms with E-state index >= 15 is 0 Å². The maximum Gasteiger partial charge on any atom is 0.150 e. The summed E-state index contributed by atoms with van der Waals surface area (Å²) in [6, 6.07) is 7.83. The molecule has 1 heterocycles. The average Bonchev–Trinajstić information content (AvgIpc) is 2.93. The number of carbonyl (C=O) groups is 1. The lowest BCUT2D eigenvalue weighted by Crippen LogP contribution is -2.11. The number of carbonyl (C=O) groups excluding carboxylic acids is 1. The van der Waals surface area contributed by atoms with Crippen molar-refractivity contribution in [2.24, 2.45) is 0 Å².